The summed E-state index contributed by atoms with van der Waals surface area (Å²) in [6, 6.07) is 7.90. The molecule has 0 amide bonds. The van der Waals surface area contributed by atoms with Crippen molar-refractivity contribution in [1.82, 2.24) is 9.97 Å². The summed E-state index contributed by atoms with van der Waals surface area (Å²) in [6.45, 7) is 2.01. The van der Waals surface area contributed by atoms with Crippen LogP contribution in [-0.2, 0) is 12.8 Å². The van der Waals surface area contributed by atoms with Crippen LogP contribution in [0.1, 0.15) is 35.1 Å². The van der Waals surface area contributed by atoms with Gasteiger partial charge in [-0.15, -0.1) is 11.8 Å². The number of thioether (sulfide) groups is 1. The van der Waals surface area contributed by atoms with E-state index in [1.165, 1.54) is 4.90 Å². The van der Waals surface area contributed by atoms with Gasteiger partial charge >= 0.3 is 5.69 Å². The van der Waals surface area contributed by atoms with Crippen LogP contribution in [0.3, 0.4) is 0 Å². The van der Waals surface area contributed by atoms with Crippen molar-refractivity contribution < 1.29 is 4.79 Å². The molecule has 0 radical (unpaired) electrons. The number of aryl methyl sites for hydroxylation is 1. The number of H-pyrrole nitrogens is 2. The van der Waals surface area contributed by atoms with E-state index in [-0.39, 0.29) is 11.5 Å². The summed E-state index contributed by atoms with van der Waals surface area (Å²) < 4.78 is 0. The molecule has 0 spiro atoms. The highest BCUT2D eigenvalue weighted by molar-refractivity contribution is 7.98. The number of rotatable bonds is 6. The van der Waals surface area contributed by atoms with Gasteiger partial charge in [-0.3, -0.25) is 4.79 Å². The highest BCUT2D eigenvalue weighted by Crippen LogP contribution is 2.16. The standard InChI is InChI=1S/C15H18N2O2S/c1-3-4-12-14(17-15(19)16-12)13(18)9-10-5-7-11(20-2)8-6-10/h5-8H,3-4,9H2,1-2H3,(H2,16,17,19). The monoisotopic (exact) mass is 290 g/mol. The van der Waals surface area contributed by atoms with Gasteiger partial charge in [-0.25, -0.2) is 4.79 Å². The maximum absolute atomic E-state index is 12.3. The second kappa shape index (κ2) is 6.61. The van der Waals surface area contributed by atoms with Crippen LogP contribution in [0.25, 0.3) is 0 Å². The number of imidazole rings is 1. The van der Waals surface area contributed by atoms with E-state index in [0.29, 0.717) is 24.2 Å². The number of benzene rings is 1. The van der Waals surface area contributed by atoms with Gasteiger partial charge in [-0.1, -0.05) is 25.5 Å². The lowest BCUT2D eigenvalue weighted by Gasteiger charge is -2.03. The summed E-state index contributed by atoms with van der Waals surface area (Å²) in [6.07, 6.45) is 3.91. The zero-order chi connectivity index (χ0) is 14.5. The van der Waals surface area contributed by atoms with Crippen molar-refractivity contribution in [2.45, 2.75) is 31.1 Å². The summed E-state index contributed by atoms with van der Waals surface area (Å²) >= 11 is 1.67. The molecule has 0 aliphatic heterocycles. The van der Waals surface area contributed by atoms with Gasteiger partial charge in [0.25, 0.3) is 0 Å². The number of hydrogen-bond donors (Lipinski definition) is 2. The van der Waals surface area contributed by atoms with Crippen molar-refractivity contribution in [2.24, 2.45) is 0 Å². The van der Waals surface area contributed by atoms with Crippen LogP contribution < -0.4 is 5.69 Å². The number of aromatic nitrogens is 2. The van der Waals surface area contributed by atoms with Crippen LogP contribution in [0.2, 0.25) is 0 Å². The van der Waals surface area contributed by atoms with Crippen molar-refractivity contribution in [3.63, 3.8) is 0 Å². The molecule has 5 heteroatoms. The van der Waals surface area contributed by atoms with Crippen LogP contribution in [0.4, 0.5) is 0 Å². The minimum atomic E-state index is -0.311. The molecule has 0 saturated carbocycles. The lowest BCUT2D eigenvalue weighted by molar-refractivity contribution is 0.0987. The Morgan fingerprint density at radius 1 is 1.20 bits per heavy atom. The van der Waals surface area contributed by atoms with Crippen molar-refractivity contribution in [3.8, 4) is 0 Å². The smallest absolute Gasteiger partial charge is 0.309 e. The third-order valence-corrected chi connectivity index (χ3v) is 3.85. The molecule has 4 nitrogen and oxygen atoms in total. The Balaban J connectivity index is 2.16. The Labute approximate surface area is 122 Å². The average Bonchev–Trinajstić information content (AvgIpc) is 2.81. The SMILES string of the molecule is CCCc1[nH]c(=O)[nH]c1C(=O)Cc1ccc(SC)cc1. The summed E-state index contributed by atoms with van der Waals surface area (Å²) in [4.78, 5) is 30.1. The molecule has 1 heterocycles. The molecule has 0 saturated heterocycles. The first-order valence-corrected chi connectivity index (χ1v) is 7.83. The van der Waals surface area contributed by atoms with Crippen LogP contribution in [-0.4, -0.2) is 22.0 Å². The van der Waals surface area contributed by atoms with E-state index in [4.69, 9.17) is 0 Å². The predicted molar refractivity (Wildman–Crippen MR) is 81.7 cm³/mol. The molecule has 0 fully saturated rings. The molecule has 20 heavy (non-hydrogen) atoms. The van der Waals surface area contributed by atoms with Gasteiger partial charge in [-0.2, -0.15) is 0 Å². The van der Waals surface area contributed by atoms with Gasteiger partial charge in [0, 0.05) is 17.0 Å². The molecule has 2 aromatic rings. The zero-order valence-electron chi connectivity index (χ0n) is 11.7. The van der Waals surface area contributed by atoms with Crippen LogP contribution in [0, 0.1) is 0 Å². The molecule has 0 aliphatic rings. The Morgan fingerprint density at radius 3 is 2.50 bits per heavy atom. The first-order chi connectivity index (χ1) is 9.63. The number of Topliss-reactive ketones (excluding diaryl/α,β-unsaturated/α-hetero) is 1. The van der Waals surface area contributed by atoms with Crippen LogP contribution >= 0.6 is 11.8 Å². The van der Waals surface area contributed by atoms with Gasteiger partial charge in [-0.05, 0) is 30.4 Å². The largest absolute Gasteiger partial charge is 0.323 e. The van der Waals surface area contributed by atoms with E-state index in [9.17, 15) is 9.59 Å². The first-order valence-electron chi connectivity index (χ1n) is 6.61. The quantitative estimate of drug-likeness (QED) is 0.635. The van der Waals surface area contributed by atoms with Crippen molar-refractivity contribution in [2.75, 3.05) is 6.26 Å². The second-order valence-electron chi connectivity index (χ2n) is 4.63. The number of carbonyl (C=O) groups is 1. The molecule has 0 unspecified atom stereocenters. The number of ketones is 1. The molecule has 1 aromatic carbocycles. The molecular weight excluding hydrogens is 272 g/mol. The lowest BCUT2D eigenvalue weighted by atomic mass is 10.0. The fraction of sp³-hybridized carbons (Fsp3) is 0.333. The van der Waals surface area contributed by atoms with Crippen LogP contribution in [0.5, 0.6) is 0 Å². The maximum atomic E-state index is 12.3. The lowest BCUT2D eigenvalue weighted by Crippen LogP contribution is -2.08. The summed E-state index contributed by atoms with van der Waals surface area (Å²) in [5, 5.41) is 0. The summed E-state index contributed by atoms with van der Waals surface area (Å²) in [5.74, 6) is -0.0521. The van der Waals surface area contributed by atoms with E-state index in [1.54, 1.807) is 11.8 Å². The minimum Gasteiger partial charge on any atom is -0.309 e. The van der Waals surface area contributed by atoms with Gasteiger partial charge in [0.15, 0.2) is 5.78 Å². The Hall–Kier alpha value is -1.75. The third kappa shape index (κ3) is 3.42. The molecule has 2 rings (SSSR count). The van der Waals surface area contributed by atoms with Crippen molar-refractivity contribution >= 4 is 17.5 Å². The molecule has 0 atom stereocenters. The number of carbonyl (C=O) groups excluding carboxylic acids is 1. The normalized spacial score (nSPS) is 10.7. The topological polar surface area (TPSA) is 65.7 Å². The van der Waals surface area contributed by atoms with Crippen LogP contribution in [0.15, 0.2) is 34.0 Å². The Kier molecular flexibility index (Phi) is 4.84. The maximum Gasteiger partial charge on any atom is 0.323 e. The fourth-order valence-corrected chi connectivity index (χ4v) is 2.52. The van der Waals surface area contributed by atoms with Gasteiger partial charge in [0.05, 0.1) is 0 Å². The van der Waals surface area contributed by atoms with Gasteiger partial charge in [0.2, 0.25) is 0 Å². The summed E-state index contributed by atoms with van der Waals surface area (Å²) in [7, 11) is 0. The number of hydrogen-bond acceptors (Lipinski definition) is 3. The van der Waals surface area contributed by atoms with Gasteiger partial charge in [0.1, 0.15) is 5.69 Å². The predicted octanol–water partition coefficient (Wildman–Crippen LogP) is 2.80. The zero-order valence-corrected chi connectivity index (χ0v) is 12.5. The molecule has 106 valence electrons. The highest BCUT2D eigenvalue weighted by Gasteiger charge is 2.15. The van der Waals surface area contributed by atoms with Gasteiger partial charge < -0.3 is 9.97 Å². The average molecular weight is 290 g/mol. The molecule has 1 aromatic heterocycles. The number of nitrogens with one attached hydrogen (secondary N) is 2. The van der Waals surface area contributed by atoms with Crippen molar-refractivity contribution in [1.29, 1.82) is 0 Å². The van der Waals surface area contributed by atoms with E-state index in [0.717, 1.165) is 12.0 Å². The summed E-state index contributed by atoms with van der Waals surface area (Å²) in [5.41, 5.74) is 1.78. The van der Waals surface area contributed by atoms with E-state index in [1.807, 2.05) is 37.4 Å². The van der Waals surface area contributed by atoms with E-state index >= 15 is 0 Å². The first kappa shape index (κ1) is 14.7. The van der Waals surface area contributed by atoms with E-state index < -0.39 is 0 Å². The third-order valence-electron chi connectivity index (χ3n) is 3.11. The molecule has 2 N–H and O–H groups in total. The minimum absolute atomic E-state index is 0.0521. The van der Waals surface area contributed by atoms with Crippen molar-refractivity contribution in [3.05, 3.63) is 51.7 Å². The molecular formula is C15H18N2O2S. The Morgan fingerprint density at radius 2 is 1.90 bits per heavy atom. The molecule has 0 bridgehead atoms. The highest BCUT2D eigenvalue weighted by atomic mass is 32.2. The van der Waals surface area contributed by atoms with E-state index in [2.05, 4.69) is 9.97 Å². The Bertz CT molecular complexity index is 641. The number of aromatic amines is 2. The molecule has 0 aliphatic carbocycles. The fourth-order valence-electron chi connectivity index (χ4n) is 2.11. The second-order valence-corrected chi connectivity index (χ2v) is 5.51.